The van der Waals surface area contributed by atoms with Crippen molar-refractivity contribution in [2.75, 3.05) is 38.5 Å². The molecule has 1 heterocycles. The van der Waals surface area contributed by atoms with E-state index >= 15 is 0 Å². The van der Waals surface area contributed by atoms with Crippen LogP contribution in [0.5, 0.6) is 0 Å². The summed E-state index contributed by atoms with van der Waals surface area (Å²) in [4.78, 5) is 15.0. The van der Waals surface area contributed by atoms with E-state index in [2.05, 4.69) is 24.1 Å². The second kappa shape index (κ2) is 9.06. The lowest BCUT2D eigenvalue weighted by Gasteiger charge is -2.31. The molecule has 0 spiro atoms. The Balaban J connectivity index is 1.91. The van der Waals surface area contributed by atoms with Crippen LogP contribution in [0.1, 0.15) is 41.3 Å². The van der Waals surface area contributed by atoms with Crippen LogP contribution < -0.4 is 5.32 Å². The molecule has 0 aliphatic carbocycles. The monoisotopic (exact) mass is 449 g/mol. The van der Waals surface area contributed by atoms with Gasteiger partial charge in [-0.05, 0) is 49.2 Å². The SMILES string of the molecule is Cc1cccc(C(C)C)c1NC(=O)c1ccc(Cl)c(S(=O)(=O)N2CCN(C)CC2)c1. The van der Waals surface area contributed by atoms with Gasteiger partial charge in [-0.2, -0.15) is 4.31 Å². The third-order valence-corrected chi connectivity index (χ3v) is 7.82. The van der Waals surface area contributed by atoms with Gasteiger partial charge in [0, 0.05) is 37.4 Å². The van der Waals surface area contributed by atoms with Gasteiger partial charge in [0.25, 0.3) is 5.91 Å². The van der Waals surface area contributed by atoms with Crippen molar-refractivity contribution < 1.29 is 13.2 Å². The average Bonchev–Trinajstić information content (AvgIpc) is 2.69. The van der Waals surface area contributed by atoms with E-state index in [1.165, 1.54) is 16.4 Å². The first-order valence-electron chi connectivity index (χ1n) is 10.0. The Morgan fingerprint density at radius 2 is 1.77 bits per heavy atom. The normalized spacial score (nSPS) is 16.1. The third kappa shape index (κ3) is 4.70. The van der Waals surface area contributed by atoms with Crippen molar-refractivity contribution in [3.8, 4) is 0 Å². The second-order valence-corrected chi connectivity index (χ2v) is 10.3. The fourth-order valence-electron chi connectivity index (χ4n) is 3.54. The van der Waals surface area contributed by atoms with Crippen LogP contribution in [0.15, 0.2) is 41.3 Å². The highest BCUT2D eigenvalue weighted by atomic mass is 35.5. The fourth-order valence-corrected chi connectivity index (χ4v) is 5.46. The van der Waals surface area contributed by atoms with E-state index in [0.717, 1.165) is 16.8 Å². The molecule has 1 aliphatic rings. The number of nitrogens with zero attached hydrogens (tertiary/aromatic N) is 2. The summed E-state index contributed by atoms with van der Waals surface area (Å²) in [6.07, 6.45) is 0. The number of benzene rings is 2. The Kier molecular flexibility index (Phi) is 6.87. The average molecular weight is 450 g/mol. The number of anilines is 1. The van der Waals surface area contributed by atoms with Gasteiger partial charge in [-0.1, -0.05) is 43.6 Å². The molecule has 1 amide bonds. The minimum absolute atomic E-state index is 0.0322. The van der Waals surface area contributed by atoms with Crippen molar-refractivity contribution in [3.63, 3.8) is 0 Å². The molecule has 162 valence electrons. The number of sulfonamides is 1. The predicted molar refractivity (Wildman–Crippen MR) is 121 cm³/mol. The Morgan fingerprint density at radius 1 is 1.10 bits per heavy atom. The summed E-state index contributed by atoms with van der Waals surface area (Å²) in [5.41, 5.74) is 3.00. The maximum atomic E-state index is 13.1. The Bertz CT molecular complexity index is 1050. The van der Waals surface area contributed by atoms with Gasteiger partial charge >= 0.3 is 0 Å². The van der Waals surface area contributed by atoms with Gasteiger partial charge in [0.1, 0.15) is 4.90 Å². The number of piperazine rings is 1. The lowest BCUT2D eigenvalue weighted by atomic mass is 9.98. The molecular weight excluding hydrogens is 422 g/mol. The molecule has 0 unspecified atom stereocenters. The number of aryl methyl sites for hydroxylation is 1. The van der Waals surface area contributed by atoms with Gasteiger partial charge in [0.05, 0.1) is 5.02 Å². The molecule has 0 radical (unpaired) electrons. The number of amides is 1. The zero-order valence-electron chi connectivity index (χ0n) is 17.8. The number of likely N-dealkylation sites (N-methyl/N-ethyl adjacent to an activating group) is 1. The molecule has 0 aromatic heterocycles. The first kappa shape index (κ1) is 22.7. The Hall–Kier alpha value is -1.93. The third-order valence-electron chi connectivity index (χ3n) is 5.44. The van der Waals surface area contributed by atoms with Crippen molar-refractivity contribution >= 4 is 33.2 Å². The first-order chi connectivity index (χ1) is 14.1. The number of halogens is 1. The molecule has 1 aliphatic heterocycles. The molecule has 2 aromatic carbocycles. The van der Waals surface area contributed by atoms with E-state index in [1.54, 1.807) is 6.07 Å². The van der Waals surface area contributed by atoms with Gasteiger partial charge in [-0.3, -0.25) is 4.79 Å². The number of carbonyl (C=O) groups is 1. The summed E-state index contributed by atoms with van der Waals surface area (Å²) in [5.74, 6) is -0.128. The van der Waals surface area contributed by atoms with Crippen LogP contribution in [-0.4, -0.2) is 56.8 Å². The van der Waals surface area contributed by atoms with Crippen molar-refractivity contribution in [1.82, 2.24) is 9.21 Å². The molecule has 1 N–H and O–H groups in total. The highest BCUT2D eigenvalue weighted by Gasteiger charge is 2.30. The van der Waals surface area contributed by atoms with Gasteiger partial charge in [-0.25, -0.2) is 8.42 Å². The molecule has 0 saturated carbocycles. The molecule has 30 heavy (non-hydrogen) atoms. The molecule has 2 aromatic rings. The van der Waals surface area contributed by atoms with Gasteiger partial charge in [-0.15, -0.1) is 0 Å². The summed E-state index contributed by atoms with van der Waals surface area (Å²) < 4.78 is 27.7. The number of para-hydroxylation sites is 1. The molecule has 0 atom stereocenters. The number of carbonyl (C=O) groups excluding carboxylic acids is 1. The van der Waals surface area contributed by atoms with Crippen LogP contribution >= 0.6 is 11.6 Å². The molecule has 8 heteroatoms. The van der Waals surface area contributed by atoms with E-state index in [9.17, 15) is 13.2 Å². The van der Waals surface area contributed by atoms with E-state index < -0.39 is 10.0 Å². The molecule has 1 fully saturated rings. The van der Waals surface area contributed by atoms with E-state index in [0.29, 0.717) is 26.2 Å². The molecule has 0 bridgehead atoms. The number of rotatable bonds is 5. The molecular formula is C22H28ClN3O3S. The summed E-state index contributed by atoms with van der Waals surface area (Å²) >= 11 is 6.24. The number of hydrogen-bond donors (Lipinski definition) is 1. The summed E-state index contributed by atoms with van der Waals surface area (Å²) in [6, 6.07) is 10.3. The lowest BCUT2D eigenvalue weighted by molar-refractivity contribution is 0.102. The second-order valence-electron chi connectivity index (χ2n) is 8.00. The molecule has 1 saturated heterocycles. The van der Waals surface area contributed by atoms with Gasteiger partial charge < -0.3 is 10.2 Å². The van der Waals surface area contributed by atoms with Crippen molar-refractivity contribution in [2.24, 2.45) is 0 Å². The van der Waals surface area contributed by atoms with Crippen LogP contribution in [0.25, 0.3) is 0 Å². The van der Waals surface area contributed by atoms with E-state index in [-0.39, 0.29) is 27.3 Å². The van der Waals surface area contributed by atoms with Crippen molar-refractivity contribution in [1.29, 1.82) is 0 Å². The first-order valence-corrected chi connectivity index (χ1v) is 11.8. The maximum absolute atomic E-state index is 13.1. The summed E-state index contributed by atoms with van der Waals surface area (Å²) in [5, 5.41) is 3.08. The Labute approximate surface area is 183 Å². The standard InChI is InChI=1S/C22H28ClN3O3S/c1-15(2)18-7-5-6-16(3)21(18)24-22(27)17-8-9-19(23)20(14-17)30(28,29)26-12-10-25(4)11-13-26/h5-9,14-15H,10-13H2,1-4H3,(H,24,27). The Morgan fingerprint density at radius 3 is 2.40 bits per heavy atom. The van der Waals surface area contributed by atoms with Gasteiger partial charge in [0.15, 0.2) is 0 Å². The highest BCUT2D eigenvalue weighted by molar-refractivity contribution is 7.89. The van der Waals surface area contributed by atoms with Crippen molar-refractivity contribution in [2.45, 2.75) is 31.6 Å². The highest BCUT2D eigenvalue weighted by Crippen LogP contribution is 2.30. The largest absolute Gasteiger partial charge is 0.321 e. The van der Waals surface area contributed by atoms with Crippen LogP contribution in [0.2, 0.25) is 5.02 Å². The minimum Gasteiger partial charge on any atom is -0.321 e. The lowest BCUT2D eigenvalue weighted by Crippen LogP contribution is -2.47. The van der Waals surface area contributed by atoms with E-state index in [1.807, 2.05) is 32.2 Å². The molecule has 3 rings (SSSR count). The van der Waals surface area contributed by atoms with Crippen LogP contribution in [0, 0.1) is 6.92 Å². The minimum atomic E-state index is -3.78. The zero-order chi connectivity index (χ0) is 22.1. The summed E-state index contributed by atoms with van der Waals surface area (Å²) in [7, 11) is -1.82. The number of hydrogen-bond acceptors (Lipinski definition) is 4. The van der Waals surface area contributed by atoms with Crippen molar-refractivity contribution in [3.05, 3.63) is 58.1 Å². The van der Waals surface area contributed by atoms with Gasteiger partial charge in [0.2, 0.25) is 10.0 Å². The predicted octanol–water partition coefficient (Wildman–Crippen LogP) is 3.96. The van der Waals surface area contributed by atoms with E-state index in [4.69, 9.17) is 11.6 Å². The summed E-state index contributed by atoms with van der Waals surface area (Å²) in [6.45, 7) is 8.16. The van der Waals surface area contributed by atoms with Crippen LogP contribution in [0.3, 0.4) is 0 Å². The number of nitrogens with one attached hydrogen (secondary N) is 1. The van der Waals surface area contributed by atoms with Crippen LogP contribution in [0.4, 0.5) is 5.69 Å². The smallest absolute Gasteiger partial charge is 0.255 e. The van der Waals surface area contributed by atoms with Crippen LogP contribution in [-0.2, 0) is 10.0 Å². The topological polar surface area (TPSA) is 69.7 Å². The quantitative estimate of drug-likeness (QED) is 0.750. The molecule has 6 nitrogen and oxygen atoms in total. The fraction of sp³-hybridized carbons (Fsp3) is 0.409. The maximum Gasteiger partial charge on any atom is 0.255 e. The zero-order valence-corrected chi connectivity index (χ0v) is 19.3.